The highest BCUT2D eigenvalue weighted by Crippen LogP contribution is 2.31. The molecule has 26 heavy (non-hydrogen) atoms. The Morgan fingerprint density at radius 2 is 1.96 bits per heavy atom. The molecule has 1 aliphatic rings. The number of nitro groups is 1. The normalized spacial score (nSPS) is 16.7. The Hall–Kier alpha value is -3.13. The summed E-state index contributed by atoms with van der Waals surface area (Å²) >= 11 is 6.02. The van der Waals surface area contributed by atoms with Crippen molar-refractivity contribution in [2.45, 2.75) is 6.17 Å². The van der Waals surface area contributed by atoms with Crippen molar-refractivity contribution in [3.8, 4) is 0 Å². The lowest BCUT2D eigenvalue weighted by molar-refractivity contribution is -0.384. The highest BCUT2D eigenvalue weighted by Gasteiger charge is 2.39. The molecule has 1 N–H and O–H groups in total. The first-order valence-electron chi connectivity index (χ1n) is 7.70. The molecular formula is C17H15ClN4O4. The third kappa shape index (κ3) is 3.31. The van der Waals surface area contributed by atoms with Crippen LogP contribution in [0.15, 0.2) is 48.5 Å². The van der Waals surface area contributed by atoms with Crippen molar-refractivity contribution in [3.05, 3.63) is 69.2 Å². The van der Waals surface area contributed by atoms with Crippen molar-refractivity contribution in [3.63, 3.8) is 0 Å². The monoisotopic (exact) mass is 374 g/mol. The van der Waals surface area contributed by atoms with E-state index in [0.717, 1.165) is 11.6 Å². The fraction of sp³-hybridized carbons (Fsp3) is 0.176. The van der Waals surface area contributed by atoms with Crippen molar-refractivity contribution in [1.82, 2.24) is 9.80 Å². The third-order valence-corrected chi connectivity index (χ3v) is 4.44. The van der Waals surface area contributed by atoms with E-state index in [1.54, 1.807) is 7.05 Å². The lowest BCUT2D eigenvalue weighted by Crippen LogP contribution is -2.37. The van der Waals surface area contributed by atoms with Crippen molar-refractivity contribution in [2.75, 3.05) is 18.9 Å². The minimum absolute atomic E-state index is 0.0442. The van der Waals surface area contributed by atoms with Gasteiger partial charge in [0.2, 0.25) is 5.91 Å². The average Bonchev–Trinajstić information content (AvgIpc) is 2.92. The number of non-ortho nitro benzene ring substituents is 1. The molecule has 0 bridgehead atoms. The van der Waals surface area contributed by atoms with Gasteiger partial charge in [0.25, 0.3) is 5.69 Å². The zero-order valence-corrected chi connectivity index (χ0v) is 14.5. The van der Waals surface area contributed by atoms with Gasteiger partial charge in [-0.25, -0.2) is 4.79 Å². The number of carbonyl (C=O) groups excluding carboxylic acids is 2. The number of hydrogen-bond donors (Lipinski definition) is 1. The smallest absolute Gasteiger partial charge is 0.319 e. The van der Waals surface area contributed by atoms with E-state index in [2.05, 4.69) is 5.32 Å². The maximum atomic E-state index is 12.7. The van der Waals surface area contributed by atoms with Gasteiger partial charge in [0.1, 0.15) is 12.7 Å². The van der Waals surface area contributed by atoms with Crippen molar-refractivity contribution >= 4 is 34.9 Å². The summed E-state index contributed by atoms with van der Waals surface area (Å²) in [5.74, 6) is -0.191. The highest BCUT2D eigenvalue weighted by molar-refractivity contribution is 6.33. The summed E-state index contributed by atoms with van der Waals surface area (Å²) in [5, 5.41) is 13.4. The Bertz CT molecular complexity index is 874. The number of hydrogen-bond acceptors (Lipinski definition) is 4. The molecule has 2 aromatic carbocycles. The number of rotatable bonds is 3. The van der Waals surface area contributed by atoms with Gasteiger partial charge < -0.3 is 10.2 Å². The van der Waals surface area contributed by atoms with Crippen LogP contribution in [0, 0.1) is 10.1 Å². The summed E-state index contributed by atoms with van der Waals surface area (Å²) in [7, 11) is 1.63. The molecule has 3 rings (SSSR count). The SMILES string of the molecule is CN1C(=O)CN(C(=O)Nc2ccc([N+](=O)[O-])cc2Cl)[C@H]1c1ccccc1. The molecule has 0 radical (unpaired) electrons. The largest absolute Gasteiger partial charge is 0.324 e. The van der Waals surface area contributed by atoms with Gasteiger partial charge in [0, 0.05) is 19.2 Å². The van der Waals surface area contributed by atoms with E-state index >= 15 is 0 Å². The molecule has 0 unspecified atom stereocenters. The lowest BCUT2D eigenvalue weighted by Gasteiger charge is -2.28. The van der Waals surface area contributed by atoms with Gasteiger partial charge >= 0.3 is 6.03 Å². The molecule has 0 spiro atoms. The van der Waals surface area contributed by atoms with Gasteiger partial charge in [-0.15, -0.1) is 0 Å². The summed E-state index contributed by atoms with van der Waals surface area (Å²) < 4.78 is 0. The average molecular weight is 375 g/mol. The minimum atomic E-state index is -0.572. The summed E-state index contributed by atoms with van der Waals surface area (Å²) in [6.45, 7) is -0.0769. The number of nitro benzene ring substituents is 1. The second-order valence-corrected chi connectivity index (χ2v) is 6.18. The van der Waals surface area contributed by atoms with E-state index in [4.69, 9.17) is 11.6 Å². The number of carbonyl (C=O) groups is 2. The van der Waals surface area contributed by atoms with E-state index in [-0.39, 0.29) is 28.8 Å². The van der Waals surface area contributed by atoms with Gasteiger partial charge in [-0.3, -0.25) is 19.8 Å². The van der Waals surface area contributed by atoms with Crippen LogP contribution in [0.4, 0.5) is 16.2 Å². The summed E-state index contributed by atoms with van der Waals surface area (Å²) in [6.07, 6.45) is -0.541. The molecule has 1 atom stereocenters. The van der Waals surface area contributed by atoms with Crippen LogP contribution in [-0.2, 0) is 4.79 Å². The molecular weight excluding hydrogens is 360 g/mol. The van der Waals surface area contributed by atoms with Gasteiger partial charge in [0.15, 0.2) is 0 Å². The first kappa shape index (κ1) is 17.7. The van der Waals surface area contributed by atoms with Crippen molar-refractivity contribution < 1.29 is 14.5 Å². The molecule has 0 saturated carbocycles. The molecule has 8 nitrogen and oxygen atoms in total. The van der Waals surface area contributed by atoms with Gasteiger partial charge in [-0.05, 0) is 11.6 Å². The van der Waals surface area contributed by atoms with E-state index in [1.165, 1.54) is 21.9 Å². The Morgan fingerprint density at radius 3 is 2.58 bits per heavy atom. The fourth-order valence-corrected chi connectivity index (χ4v) is 3.03. The van der Waals surface area contributed by atoms with E-state index in [0.29, 0.717) is 0 Å². The number of nitrogens with zero attached hydrogens (tertiary/aromatic N) is 3. The van der Waals surface area contributed by atoms with Crippen LogP contribution in [0.25, 0.3) is 0 Å². The predicted octanol–water partition coefficient (Wildman–Crippen LogP) is 3.25. The Kier molecular flexibility index (Phi) is 4.77. The number of anilines is 1. The van der Waals surface area contributed by atoms with E-state index < -0.39 is 17.1 Å². The number of benzene rings is 2. The van der Waals surface area contributed by atoms with Crippen molar-refractivity contribution in [1.29, 1.82) is 0 Å². The molecule has 1 heterocycles. The first-order valence-corrected chi connectivity index (χ1v) is 8.08. The topological polar surface area (TPSA) is 95.8 Å². The Labute approximate surface area is 154 Å². The number of urea groups is 1. The van der Waals surface area contributed by atoms with Crippen LogP contribution in [0.1, 0.15) is 11.7 Å². The number of likely N-dealkylation sites (N-methyl/N-ethyl adjacent to an activating group) is 1. The standard InChI is InChI=1S/C17H15ClN4O4/c1-20-15(23)10-21(16(20)11-5-3-2-4-6-11)17(24)19-14-8-7-12(22(25)26)9-13(14)18/h2-9,16H,10H2,1H3,(H,19,24)/t16-/m0/s1. The van der Waals surface area contributed by atoms with Crippen LogP contribution in [0.5, 0.6) is 0 Å². The van der Waals surface area contributed by atoms with Crippen LogP contribution in [-0.4, -0.2) is 40.3 Å². The zero-order valence-electron chi connectivity index (χ0n) is 13.8. The van der Waals surface area contributed by atoms with Crippen LogP contribution in [0.3, 0.4) is 0 Å². The summed E-state index contributed by atoms with van der Waals surface area (Å²) in [4.78, 5) is 37.9. The van der Waals surface area contributed by atoms with E-state index in [9.17, 15) is 19.7 Å². The Morgan fingerprint density at radius 1 is 1.27 bits per heavy atom. The lowest BCUT2D eigenvalue weighted by atomic mass is 10.1. The fourth-order valence-electron chi connectivity index (χ4n) is 2.81. The first-order chi connectivity index (χ1) is 12.4. The maximum Gasteiger partial charge on any atom is 0.324 e. The number of amides is 3. The zero-order chi connectivity index (χ0) is 18.8. The minimum Gasteiger partial charge on any atom is -0.319 e. The van der Waals surface area contributed by atoms with Crippen molar-refractivity contribution in [2.24, 2.45) is 0 Å². The van der Waals surface area contributed by atoms with Gasteiger partial charge in [0.05, 0.1) is 15.6 Å². The summed E-state index contributed by atoms with van der Waals surface area (Å²) in [5.41, 5.74) is 0.855. The molecule has 9 heteroatoms. The van der Waals surface area contributed by atoms with Gasteiger partial charge in [-0.1, -0.05) is 41.9 Å². The summed E-state index contributed by atoms with van der Waals surface area (Å²) in [6, 6.07) is 12.4. The predicted molar refractivity (Wildman–Crippen MR) is 95.8 cm³/mol. The number of nitrogens with one attached hydrogen (secondary N) is 1. The van der Waals surface area contributed by atoms with E-state index in [1.807, 2.05) is 30.3 Å². The van der Waals surface area contributed by atoms with Crippen LogP contribution >= 0.6 is 11.6 Å². The second-order valence-electron chi connectivity index (χ2n) is 5.77. The molecule has 2 aromatic rings. The molecule has 0 aliphatic carbocycles. The highest BCUT2D eigenvalue weighted by atomic mass is 35.5. The number of halogens is 1. The molecule has 1 aliphatic heterocycles. The molecule has 134 valence electrons. The van der Waals surface area contributed by atoms with Crippen LogP contribution in [0.2, 0.25) is 5.02 Å². The molecule has 1 fully saturated rings. The quantitative estimate of drug-likeness (QED) is 0.658. The molecule has 0 aromatic heterocycles. The molecule has 3 amide bonds. The van der Waals surface area contributed by atoms with Crippen LogP contribution < -0.4 is 5.32 Å². The third-order valence-electron chi connectivity index (χ3n) is 4.12. The second kappa shape index (κ2) is 7.01. The Balaban J connectivity index is 1.84. The maximum absolute atomic E-state index is 12.7. The van der Waals surface area contributed by atoms with Gasteiger partial charge in [-0.2, -0.15) is 0 Å². The molecule has 1 saturated heterocycles.